The molecular formula is C15H22N4O6. The number of aliphatic carboxylic acids is 1. The van der Waals surface area contributed by atoms with E-state index in [-0.39, 0.29) is 5.91 Å². The summed E-state index contributed by atoms with van der Waals surface area (Å²) in [6, 6.07) is -1.36. The van der Waals surface area contributed by atoms with Crippen molar-refractivity contribution >= 4 is 29.5 Å². The first kappa shape index (κ1) is 20.3. The lowest BCUT2D eigenvalue weighted by molar-refractivity contribution is -0.141. The Kier molecular flexibility index (Phi) is 6.04. The zero-order valence-electron chi connectivity index (χ0n) is 14.7. The van der Waals surface area contributed by atoms with Crippen molar-refractivity contribution in [3.05, 3.63) is 5.53 Å². The normalized spacial score (nSPS) is 21.7. The van der Waals surface area contributed by atoms with Crippen LogP contribution in [0.3, 0.4) is 0 Å². The van der Waals surface area contributed by atoms with Gasteiger partial charge in [0.25, 0.3) is 5.78 Å². The second-order valence-electron chi connectivity index (χ2n) is 6.90. The van der Waals surface area contributed by atoms with Gasteiger partial charge in [0.2, 0.25) is 5.91 Å². The van der Waals surface area contributed by atoms with Gasteiger partial charge in [0.05, 0.1) is 12.0 Å². The third-order valence-corrected chi connectivity index (χ3v) is 3.77. The first-order chi connectivity index (χ1) is 11.4. The molecule has 1 rings (SSSR count). The molecule has 10 heteroatoms. The SMILES string of the molecule is CC(C(=O)C(=[N+]=[N-])C(=O)O)[C@H]1NC(=O)[C@@H]1C(C)NC(=O)OC(C)(C)C. The van der Waals surface area contributed by atoms with Gasteiger partial charge in [0.1, 0.15) is 5.60 Å². The highest BCUT2D eigenvalue weighted by molar-refractivity contribution is 6.62. The minimum Gasteiger partial charge on any atom is -0.472 e. The topological polar surface area (TPSA) is 158 Å². The predicted octanol–water partition coefficient (Wildman–Crippen LogP) is -0.0252. The third kappa shape index (κ3) is 4.87. The highest BCUT2D eigenvalue weighted by Crippen LogP contribution is 2.26. The van der Waals surface area contributed by atoms with Gasteiger partial charge in [0.15, 0.2) is 0 Å². The van der Waals surface area contributed by atoms with Crippen LogP contribution in [0.5, 0.6) is 0 Å². The Balaban J connectivity index is 2.82. The molecule has 4 atom stereocenters. The number of ether oxygens (including phenoxy) is 1. The molecule has 0 bridgehead atoms. The summed E-state index contributed by atoms with van der Waals surface area (Å²) in [4.78, 5) is 49.1. The Hall–Kier alpha value is -2.74. The molecule has 0 radical (unpaired) electrons. The van der Waals surface area contributed by atoms with Crippen molar-refractivity contribution in [1.82, 2.24) is 10.6 Å². The number of hydrogen-bond acceptors (Lipinski definition) is 5. The lowest BCUT2D eigenvalue weighted by atomic mass is 9.75. The van der Waals surface area contributed by atoms with Crippen LogP contribution in [0.1, 0.15) is 34.6 Å². The van der Waals surface area contributed by atoms with E-state index in [0.29, 0.717) is 0 Å². The molecule has 1 saturated heterocycles. The maximum atomic E-state index is 12.1. The van der Waals surface area contributed by atoms with Crippen molar-refractivity contribution in [3.8, 4) is 0 Å². The largest absolute Gasteiger partial charge is 0.472 e. The van der Waals surface area contributed by atoms with Crippen LogP contribution in [-0.4, -0.2) is 57.0 Å². The average Bonchev–Trinajstić information content (AvgIpc) is 2.41. The molecule has 0 aromatic carbocycles. The van der Waals surface area contributed by atoms with Gasteiger partial charge >= 0.3 is 17.8 Å². The van der Waals surface area contributed by atoms with E-state index in [1.807, 2.05) is 0 Å². The van der Waals surface area contributed by atoms with Gasteiger partial charge in [-0.2, -0.15) is 4.79 Å². The molecule has 1 heterocycles. The predicted molar refractivity (Wildman–Crippen MR) is 84.7 cm³/mol. The molecule has 1 aliphatic heterocycles. The smallest absolute Gasteiger partial charge is 0.441 e. The number of carbonyl (C=O) groups is 4. The van der Waals surface area contributed by atoms with E-state index in [0.717, 1.165) is 0 Å². The van der Waals surface area contributed by atoms with Crippen LogP contribution in [0.25, 0.3) is 5.53 Å². The summed E-state index contributed by atoms with van der Waals surface area (Å²) in [7, 11) is 0. The fourth-order valence-electron chi connectivity index (χ4n) is 2.55. The van der Waals surface area contributed by atoms with Crippen LogP contribution in [0.2, 0.25) is 0 Å². The fourth-order valence-corrected chi connectivity index (χ4v) is 2.55. The number of carbonyl (C=O) groups excluding carboxylic acids is 3. The first-order valence-electron chi connectivity index (χ1n) is 7.68. The van der Waals surface area contributed by atoms with Crippen LogP contribution in [0.15, 0.2) is 0 Å². The monoisotopic (exact) mass is 354 g/mol. The molecule has 0 aliphatic carbocycles. The first-order valence-corrected chi connectivity index (χ1v) is 7.68. The molecule has 10 nitrogen and oxygen atoms in total. The molecule has 1 fully saturated rings. The third-order valence-electron chi connectivity index (χ3n) is 3.77. The molecule has 138 valence electrons. The van der Waals surface area contributed by atoms with Gasteiger partial charge in [-0.3, -0.25) is 9.59 Å². The van der Waals surface area contributed by atoms with Gasteiger partial charge in [-0.15, -0.1) is 0 Å². The molecule has 2 unspecified atom stereocenters. The molecule has 0 aromatic heterocycles. The molecule has 0 spiro atoms. The molecule has 3 N–H and O–H groups in total. The maximum Gasteiger partial charge on any atom is 0.441 e. The minimum atomic E-state index is -1.67. The van der Waals surface area contributed by atoms with Crippen LogP contribution in [0.4, 0.5) is 4.79 Å². The van der Waals surface area contributed by atoms with Gasteiger partial charge in [0, 0.05) is 12.0 Å². The summed E-state index contributed by atoms with van der Waals surface area (Å²) < 4.78 is 5.11. The number of rotatable bonds is 6. The Labute approximate surface area is 144 Å². The summed E-state index contributed by atoms with van der Waals surface area (Å²) in [5, 5.41) is 13.9. The number of alkyl carbamates (subject to hydrolysis) is 1. The van der Waals surface area contributed by atoms with Crippen molar-refractivity contribution in [2.75, 3.05) is 0 Å². The lowest BCUT2D eigenvalue weighted by Gasteiger charge is -2.42. The number of hydrogen-bond donors (Lipinski definition) is 3. The highest BCUT2D eigenvalue weighted by atomic mass is 16.6. The van der Waals surface area contributed by atoms with Crippen LogP contribution in [0, 0.1) is 11.8 Å². The standard InChI is InChI=1S/C15H22N4O6/c1-6(11(20)10(19-16)13(22)23)9-8(12(21)18-9)7(2)17-14(24)25-15(3,4)5/h6-9H,1-5H3,(H,17,24)(H,18,21)(H,22,23)/t6?,7?,8-,9-/m1/s1. The van der Waals surface area contributed by atoms with E-state index in [1.54, 1.807) is 27.7 Å². The zero-order valence-corrected chi connectivity index (χ0v) is 14.7. The second kappa shape index (κ2) is 7.43. The molecule has 2 amide bonds. The van der Waals surface area contributed by atoms with Crippen LogP contribution in [-0.2, 0) is 19.1 Å². The van der Waals surface area contributed by atoms with Gasteiger partial charge in [-0.25, -0.2) is 9.59 Å². The summed E-state index contributed by atoms with van der Waals surface area (Å²) in [5.41, 5.74) is 6.95. The molecular weight excluding hydrogens is 332 g/mol. The van der Waals surface area contributed by atoms with Gasteiger partial charge in [-0.1, -0.05) is 6.92 Å². The van der Waals surface area contributed by atoms with E-state index in [9.17, 15) is 19.2 Å². The molecule has 0 saturated carbocycles. The molecule has 0 aromatic rings. The van der Waals surface area contributed by atoms with Gasteiger partial charge in [-0.05, 0) is 27.7 Å². The van der Waals surface area contributed by atoms with Crippen molar-refractivity contribution in [1.29, 1.82) is 0 Å². The maximum absolute atomic E-state index is 12.1. The summed E-state index contributed by atoms with van der Waals surface area (Å²) in [6.07, 6.45) is -0.708. The van der Waals surface area contributed by atoms with E-state index < -0.39 is 53.1 Å². The Morgan fingerprint density at radius 3 is 2.28 bits per heavy atom. The number of Topliss-reactive ketones (excluding diaryl/α,β-unsaturated/α-hetero) is 1. The van der Waals surface area contributed by atoms with Gasteiger partial charge < -0.3 is 26.0 Å². The van der Waals surface area contributed by atoms with E-state index >= 15 is 0 Å². The van der Waals surface area contributed by atoms with E-state index in [1.165, 1.54) is 6.92 Å². The van der Waals surface area contributed by atoms with Crippen LogP contribution >= 0.6 is 0 Å². The number of nitrogens with zero attached hydrogens (tertiary/aromatic N) is 2. The Bertz CT molecular complexity index is 647. The fraction of sp³-hybridized carbons (Fsp3) is 0.667. The second-order valence-corrected chi connectivity index (χ2v) is 6.90. The average molecular weight is 354 g/mol. The summed E-state index contributed by atoms with van der Waals surface area (Å²) >= 11 is 0. The summed E-state index contributed by atoms with van der Waals surface area (Å²) in [6.45, 7) is 8.07. The highest BCUT2D eigenvalue weighted by Gasteiger charge is 2.50. The Morgan fingerprint density at radius 1 is 1.32 bits per heavy atom. The van der Waals surface area contributed by atoms with Crippen LogP contribution < -0.4 is 10.6 Å². The summed E-state index contributed by atoms with van der Waals surface area (Å²) in [5.74, 6) is -4.67. The minimum absolute atomic E-state index is 0.383. The number of nitrogens with one attached hydrogen (secondary N) is 2. The van der Waals surface area contributed by atoms with E-state index in [4.69, 9.17) is 15.4 Å². The quantitative estimate of drug-likeness (QED) is 0.200. The molecule has 25 heavy (non-hydrogen) atoms. The Morgan fingerprint density at radius 2 is 1.88 bits per heavy atom. The van der Waals surface area contributed by atoms with Crippen molar-refractivity contribution in [2.45, 2.75) is 52.3 Å². The number of carboxylic acids is 1. The molecule has 1 aliphatic rings. The lowest BCUT2D eigenvalue weighted by Crippen LogP contribution is -2.68. The van der Waals surface area contributed by atoms with Crippen molar-refractivity contribution in [2.24, 2.45) is 11.8 Å². The number of ketones is 1. The van der Waals surface area contributed by atoms with Crippen molar-refractivity contribution < 1.29 is 33.8 Å². The van der Waals surface area contributed by atoms with E-state index in [2.05, 4.69) is 15.4 Å². The van der Waals surface area contributed by atoms with Crippen molar-refractivity contribution in [3.63, 3.8) is 0 Å². The number of amides is 2. The number of β-lactam (4-membered cyclic amide) rings is 1. The number of carboxylic acid groups (broad SMARTS) is 1. The zero-order chi connectivity index (χ0) is 19.5.